The van der Waals surface area contributed by atoms with E-state index in [1.54, 1.807) is 12.1 Å². The zero-order valence-corrected chi connectivity index (χ0v) is 10.6. The van der Waals surface area contributed by atoms with Crippen molar-refractivity contribution in [2.75, 3.05) is 0 Å². The number of rotatable bonds is 3. The standard InChI is InChI=1S/C11H10ClNO3S/c1-2-9-7-11(16-13-9)8-3-5-10(6-4-8)17(12,14)15/h3-7H,2H2,1H3. The van der Waals surface area contributed by atoms with Gasteiger partial charge in [0.05, 0.1) is 10.6 Å². The third-order valence-electron chi connectivity index (χ3n) is 2.34. The van der Waals surface area contributed by atoms with Crippen LogP contribution in [0.5, 0.6) is 0 Å². The van der Waals surface area contributed by atoms with Gasteiger partial charge in [0.1, 0.15) is 0 Å². The molecule has 4 nitrogen and oxygen atoms in total. The Balaban J connectivity index is 2.35. The highest BCUT2D eigenvalue weighted by atomic mass is 35.7. The molecule has 6 heteroatoms. The fraction of sp³-hybridized carbons (Fsp3) is 0.182. The van der Waals surface area contributed by atoms with Gasteiger partial charge in [-0.3, -0.25) is 0 Å². The average Bonchev–Trinajstić information content (AvgIpc) is 2.76. The van der Waals surface area contributed by atoms with Gasteiger partial charge in [-0.2, -0.15) is 0 Å². The van der Waals surface area contributed by atoms with Crippen LogP contribution in [-0.4, -0.2) is 13.6 Å². The zero-order valence-electron chi connectivity index (χ0n) is 9.05. The lowest BCUT2D eigenvalue weighted by molar-refractivity contribution is 0.424. The minimum absolute atomic E-state index is 0.0677. The molecule has 1 aromatic heterocycles. The topological polar surface area (TPSA) is 60.2 Å². The second-order valence-corrected chi connectivity index (χ2v) is 6.06. The van der Waals surface area contributed by atoms with E-state index in [1.165, 1.54) is 12.1 Å². The van der Waals surface area contributed by atoms with Gasteiger partial charge in [-0.1, -0.05) is 12.1 Å². The van der Waals surface area contributed by atoms with Gasteiger partial charge in [-0.15, -0.1) is 0 Å². The molecule has 0 amide bonds. The molecule has 0 spiro atoms. The number of nitrogens with zero attached hydrogens (tertiary/aromatic N) is 1. The van der Waals surface area contributed by atoms with E-state index in [-0.39, 0.29) is 4.90 Å². The molecular weight excluding hydrogens is 262 g/mol. The summed E-state index contributed by atoms with van der Waals surface area (Å²) >= 11 is 0. The van der Waals surface area contributed by atoms with Gasteiger partial charge in [0.2, 0.25) is 0 Å². The molecule has 1 heterocycles. The minimum Gasteiger partial charge on any atom is -0.356 e. The highest BCUT2D eigenvalue weighted by Crippen LogP contribution is 2.23. The molecule has 0 saturated carbocycles. The highest BCUT2D eigenvalue weighted by molar-refractivity contribution is 8.13. The van der Waals surface area contributed by atoms with E-state index in [4.69, 9.17) is 15.2 Å². The maximum atomic E-state index is 11.1. The number of hydrogen-bond acceptors (Lipinski definition) is 4. The predicted molar refractivity (Wildman–Crippen MR) is 64.4 cm³/mol. The molecular formula is C11H10ClNO3S. The van der Waals surface area contributed by atoms with Gasteiger partial charge in [-0.25, -0.2) is 8.42 Å². The lowest BCUT2D eigenvalue weighted by atomic mass is 10.1. The van der Waals surface area contributed by atoms with E-state index in [0.29, 0.717) is 5.76 Å². The Morgan fingerprint density at radius 2 is 1.94 bits per heavy atom. The van der Waals surface area contributed by atoms with Crippen LogP contribution in [0.2, 0.25) is 0 Å². The summed E-state index contributed by atoms with van der Waals surface area (Å²) in [7, 11) is 1.54. The molecule has 0 N–H and O–H groups in total. The van der Waals surface area contributed by atoms with Crippen molar-refractivity contribution in [2.24, 2.45) is 0 Å². The summed E-state index contributed by atoms with van der Waals surface area (Å²) in [4.78, 5) is 0.0677. The number of hydrogen-bond donors (Lipinski definition) is 0. The number of aromatic nitrogens is 1. The van der Waals surface area contributed by atoms with Crippen molar-refractivity contribution in [3.63, 3.8) is 0 Å². The van der Waals surface area contributed by atoms with E-state index in [2.05, 4.69) is 5.16 Å². The number of benzene rings is 1. The van der Waals surface area contributed by atoms with Gasteiger partial charge >= 0.3 is 0 Å². The largest absolute Gasteiger partial charge is 0.356 e. The van der Waals surface area contributed by atoms with Crippen LogP contribution in [0.1, 0.15) is 12.6 Å². The van der Waals surface area contributed by atoms with Crippen LogP contribution in [-0.2, 0) is 15.5 Å². The van der Waals surface area contributed by atoms with Crippen LogP contribution in [0.4, 0.5) is 0 Å². The normalized spacial score (nSPS) is 11.6. The smallest absolute Gasteiger partial charge is 0.261 e. The van der Waals surface area contributed by atoms with Crippen molar-refractivity contribution in [3.8, 4) is 11.3 Å². The van der Waals surface area contributed by atoms with Crippen molar-refractivity contribution >= 4 is 19.7 Å². The minimum atomic E-state index is -3.68. The second kappa shape index (κ2) is 4.50. The van der Waals surface area contributed by atoms with Crippen molar-refractivity contribution in [2.45, 2.75) is 18.2 Å². The van der Waals surface area contributed by atoms with Gasteiger partial charge in [-0.05, 0) is 30.7 Å². The molecule has 17 heavy (non-hydrogen) atoms. The van der Waals surface area contributed by atoms with Crippen molar-refractivity contribution in [1.29, 1.82) is 0 Å². The summed E-state index contributed by atoms with van der Waals surface area (Å²) in [5.74, 6) is 0.611. The van der Waals surface area contributed by atoms with Gasteiger partial charge < -0.3 is 4.52 Å². The van der Waals surface area contributed by atoms with Gasteiger partial charge in [0.25, 0.3) is 9.05 Å². The van der Waals surface area contributed by atoms with Crippen LogP contribution in [0.25, 0.3) is 11.3 Å². The molecule has 0 fully saturated rings. The van der Waals surface area contributed by atoms with Gasteiger partial charge in [0, 0.05) is 22.3 Å². The number of halogens is 1. The third kappa shape index (κ3) is 2.68. The Morgan fingerprint density at radius 1 is 1.29 bits per heavy atom. The number of aryl methyl sites for hydroxylation is 1. The Kier molecular flexibility index (Phi) is 3.22. The maximum Gasteiger partial charge on any atom is 0.261 e. The van der Waals surface area contributed by atoms with Crippen LogP contribution in [0.15, 0.2) is 39.8 Å². The van der Waals surface area contributed by atoms with E-state index in [0.717, 1.165) is 17.7 Å². The second-order valence-electron chi connectivity index (χ2n) is 3.50. The Bertz CT molecular complexity index is 616. The summed E-state index contributed by atoms with van der Waals surface area (Å²) in [6, 6.07) is 7.96. The molecule has 90 valence electrons. The van der Waals surface area contributed by atoms with E-state index in [1.807, 2.05) is 13.0 Å². The molecule has 2 rings (SSSR count). The van der Waals surface area contributed by atoms with Crippen LogP contribution in [0, 0.1) is 0 Å². The molecule has 0 radical (unpaired) electrons. The summed E-state index contributed by atoms with van der Waals surface area (Å²) < 4.78 is 27.3. The fourth-order valence-electron chi connectivity index (χ4n) is 1.40. The Morgan fingerprint density at radius 3 is 2.41 bits per heavy atom. The monoisotopic (exact) mass is 271 g/mol. The molecule has 0 unspecified atom stereocenters. The molecule has 1 aromatic carbocycles. The summed E-state index contributed by atoms with van der Waals surface area (Å²) in [6.07, 6.45) is 0.789. The van der Waals surface area contributed by atoms with E-state index < -0.39 is 9.05 Å². The average molecular weight is 272 g/mol. The van der Waals surface area contributed by atoms with Crippen LogP contribution < -0.4 is 0 Å². The third-order valence-corrected chi connectivity index (χ3v) is 3.71. The lowest BCUT2D eigenvalue weighted by Gasteiger charge is -1.97. The van der Waals surface area contributed by atoms with Gasteiger partial charge in [0.15, 0.2) is 5.76 Å². The molecule has 0 bridgehead atoms. The van der Waals surface area contributed by atoms with Crippen molar-refractivity contribution in [3.05, 3.63) is 36.0 Å². The predicted octanol–water partition coefficient (Wildman–Crippen LogP) is 2.83. The zero-order chi connectivity index (χ0) is 12.5. The molecule has 0 saturated heterocycles. The van der Waals surface area contributed by atoms with Crippen molar-refractivity contribution in [1.82, 2.24) is 5.16 Å². The molecule has 0 aliphatic rings. The first-order valence-electron chi connectivity index (χ1n) is 5.01. The van der Waals surface area contributed by atoms with Crippen molar-refractivity contribution < 1.29 is 12.9 Å². The first-order valence-corrected chi connectivity index (χ1v) is 7.32. The molecule has 2 aromatic rings. The van der Waals surface area contributed by atoms with E-state index in [9.17, 15) is 8.42 Å². The molecule has 0 atom stereocenters. The summed E-state index contributed by atoms with van der Waals surface area (Å²) in [6.45, 7) is 1.98. The SMILES string of the molecule is CCc1cc(-c2ccc(S(=O)(=O)Cl)cc2)on1. The fourth-order valence-corrected chi connectivity index (χ4v) is 2.17. The maximum absolute atomic E-state index is 11.1. The summed E-state index contributed by atoms with van der Waals surface area (Å²) in [5.41, 5.74) is 1.62. The first kappa shape index (κ1) is 12.1. The Hall–Kier alpha value is -1.33. The van der Waals surface area contributed by atoms with E-state index >= 15 is 0 Å². The Labute approximate surface area is 104 Å². The van der Waals surface area contributed by atoms with Crippen LogP contribution >= 0.6 is 10.7 Å². The molecule has 0 aliphatic carbocycles. The molecule has 0 aliphatic heterocycles. The highest BCUT2D eigenvalue weighted by Gasteiger charge is 2.11. The van der Waals surface area contributed by atoms with Crippen LogP contribution in [0.3, 0.4) is 0 Å². The lowest BCUT2D eigenvalue weighted by Crippen LogP contribution is -1.89. The summed E-state index contributed by atoms with van der Waals surface area (Å²) in [5, 5.41) is 3.86. The first-order chi connectivity index (χ1) is 8.00. The quantitative estimate of drug-likeness (QED) is 0.806.